The second-order valence-corrected chi connectivity index (χ2v) is 4.98. The molecule has 1 N–H and O–H groups in total. The van der Waals surface area contributed by atoms with Crippen LogP contribution in [0.2, 0.25) is 0 Å². The minimum absolute atomic E-state index is 0. The van der Waals surface area contributed by atoms with E-state index in [1.54, 1.807) is 7.11 Å². The first-order chi connectivity index (χ1) is 9.38. The zero-order valence-corrected chi connectivity index (χ0v) is 12.5. The highest BCUT2D eigenvalue weighted by Gasteiger charge is 2.20. The van der Waals surface area contributed by atoms with Gasteiger partial charge < -0.3 is 10.1 Å². The van der Waals surface area contributed by atoms with Crippen LogP contribution in [-0.2, 0) is 6.42 Å². The standard InChI is InChI=1S/C17H19NO.ClH/c1-19-15-7-8-16-14(11-15)9-10-18-12-17(16)13-5-3-2-4-6-13;/h2-8,11,17-18H,9-10,12H2,1H3;1H. The number of nitrogens with one attached hydrogen (secondary N) is 1. The maximum absolute atomic E-state index is 5.34. The Hall–Kier alpha value is -1.51. The highest BCUT2D eigenvalue weighted by molar-refractivity contribution is 5.85. The van der Waals surface area contributed by atoms with Crippen molar-refractivity contribution in [1.29, 1.82) is 0 Å². The van der Waals surface area contributed by atoms with Crippen LogP contribution in [0.25, 0.3) is 0 Å². The summed E-state index contributed by atoms with van der Waals surface area (Å²) in [7, 11) is 1.73. The molecule has 0 fully saturated rings. The summed E-state index contributed by atoms with van der Waals surface area (Å²) in [6.07, 6.45) is 1.07. The molecule has 0 aromatic heterocycles. The lowest BCUT2D eigenvalue weighted by Gasteiger charge is -2.18. The first-order valence-electron chi connectivity index (χ1n) is 6.81. The van der Waals surface area contributed by atoms with Crippen LogP contribution < -0.4 is 10.1 Å². The van der Waals surface area contributed by atoms with Crippen molar-refractivity contribution in [3.63, 3.8) is 0 Å². The smallest absolute Gasteiger partial charge is 0.119 e. The van der Waals surface area contributed by atoms with Crippen LogP contribution in [0.1, 0.15) is 22.6 Å². The number of methoxy groups -OCH3 is 1. The predicted octanol–water partition coefficient (Wildman–Crippen LogP) is 3.39. The van der Waals surface area contributed by atoms with Crippen LogP contribution in [0.3, 0.4) is 0 Å². The van der Waals surface area contributed by atoms with Crippen LogP contribution in [0.5, 0.6) is 5.75 Å². The van der Waals surface area contributed by atoms with Gasteiger partial charge in [0.25, 0.3) is 0 Å². The summed E-state index contributed by atoms with van der Waals surface area (Å²) in [4.78, 5) is 0. The Balaban J connectivity index is 0.00000147. The van der Waals surface area contributed by atoms with E-state index in [-0.39, 0.29) is 12.4 Å². The minimum Gasteiger partial charge on any atom is -0.497 e. The SMILES string of the molecule is COc1ccc2c(c1)CCNCC2c1ccccc1.Cl. The van der Waals surface area contributed by atoms with E-state index in [4.69, 9.17) is 4.74 Å². The third-order valence-corrected chi connectivity index (χ3v) is 3.85. The maximum atomic E-state index is 5.34. The Labute approximate surface area is 126 Å². The fourth-order valence-corrected chi connectivity index (χ4v) is 2.83. The molecular weight excluding hydrogens is 270 g/mol. The van der Waals surface area contributed by atoms with Gasteiger partial charge in [-0.2, -0.15) is 0 Å². The van der Waals surface area contributed by atoms with Gasteiger partial charge in [-0.25, -0.2) is 0 Å². The number of hydrogen-bond donors (Lipinski definition) is 1. The van der Waals surface area contributed by atoms with Gasteiger partial charge in [-0.3, -0.25) is 0 Å². The lowest BCUT2D eigenvalue weighted by molar-refractivity contribution is 0.414. The van der Waals surface area contributed by atoms with Crippen molar-refractivity contribution in [1.82, 2.24) is 5.32 Å². The van der Waals surface area contributed by atoms with Gasteiger partial charge in [0.1, 0.15) is 5.75 Å². The molecule has 2 aromatic carbocycles. The molecule has 0 spiro atoms. The Morgan fingerprint density at radius 1 is 1.10 bits per heavy atom. The molecule has 0 bridgehead atoms. The van der Waals surface area contributed by atoms with E-state index in [9.17, 15) is 0 Å². The van der Waals surface area contributed by atoms with Crippen molar-refractivity contribution >= 4 is 12.4 Å². The zero-order valence-electron chi connectivity index (χ0n) is 11.6. The Kier molecular flexibility index (Phi) is 5.05. The molecule has 1 aliphatic heterocycles. The van der Waals surface area contributed by atoms with E-state index in [1.165, 1.54) is 16.7 Å². The molecule has 1 heterocycles. The molecule has 1 atom stereocenters. The summed E-state index contributed by atoms with van der Waals surface area (Å²) in [5.41, 5.74) is 4.21. The van der Waals surface area contributed by atoms with Crippen molar-refractivity contribution in [2.75, 3.05) is 20.2 Å². The van der Waals surface area contributed by atoms with Gasteiger partial charge in [0.2, 0.25) is 0 Å². The lowest BCUT2D eigenvalue weighted by atomic mass is 9.88. The summed E-state index contributed by atoms with van der Waals surface area (Å²) < 4.78 is 5.34. The molecule has 3 rings (SSSR count). The summed E-state index contributed by atoms with van der Waals surface area (Å²) in [6.45, 7) is 2.03. The van der Waals surface area contributed by atoms with Gasteiger partial charge in [0.15, 0.2) is 0 Å². The third kappa shape index (κ3) is 2.97. The number of halogens is 1. The summed E-state index contributed by atoms with van der Waals surface area (Å²) in [5, 5.41) is 3.54. The van der Waals surface area contributed by atoms with Crippen molar-refractivity contribution in [3.05, 3.63) is 65.2 Å². The normalized spacial score (nSPS) is 17.6. The van der Waals surface area contributed by atoms with Crippen LogP contribution in [0.4, 0.5) is 0 Å². The average Bonchev–Trinajstić information content (AvgIpc) is 2.69. The van der Waals surface area contributed by atoms with Gasteiger partial charge >= 0.3 is 0 Å². The molecule has 0 aliphatic carbocycles. The first kappa shape index (κ1) is 14.9. The number of rotatable bonds is 2. The molecular formula is C17H20ClNO. The molecule has 2 nitrogen and oxygen atoms in total. The highest BCUT2D eigenvalue weighted by Crippen LogP contribution is 2.31. The largest absolute Gasteiger partial charge is 0.497 e. The average molecular weight is 290 g/mol. The minimum atomic E-state index is 0. The van der Waals surface area contributed by atoms with E-state index in [1.807, 2.05) is 0 Å². The summed E-state index contributed by atoms with van der Waals surface area (Å²) in [5.74, 6) is 1.39. The highest BCUT2D eigenvalue weighted by atomic mass is 35.5. The van der Waals surface area contributed by atoms with Gasteiger partial charge in [0.05, 0.1) is 7.11 Å². The van der Waals surface area contributed by atoms with Gasteiger partial charge in [-0.1, -0.05) is 36.4 Å². The van der Waals surface area contributed by atoms with E-state index in [0.29, 0.717) is 5.92 Å². The van der Waals surface area contributed by atoms with E-state index < -0.39 is 0 Å². The summed E-state index contributed by atoms with van der Waals surface area (Å²) in [6, 6.07) is 17.2. The van der Waals surface area contributed by atoms with Gasteiger partial charge in [-0.15, -0.1) is 12.4 Å². The second kappa shape index (κ2) is 6.78. The van der Waals surface area contributed by atoms with Crippen molar-refractivity contribution in [2.45, 2.75) is 12.3 Å². The molecule has 1 aliphatic rings. The Bertz CT molecular complexity index is 556. The second-order valence-electron chi connectivity index (χ2n) is 4.98. The van der Waals surface area contributed by atoms with E-state index in [2.05, 4.69) is 53.8 Å². The van der Waals surface area contributed by atoms with Crippen LogP contribution >= 0.6 is 12.4 Å². The molecule has 0 saturated heterocycles. The van der Waals surface area contributed by atoms with Crippen LogP contribution in [0.15, 0.2) is 48.5 Å². The van der Waals surface area contributed by atoms with Gasteiger partial charge in [-0.05, 0) is 41.8 Å². The van der Waals surface area contributed by atoms with E-state index >= 15 is 0 Å². The molecule has 0 radical (unpaired) electrons. The number of fused-ring (bicyclic) bond motifs is 1. The fourth-order valence-electron chi connectivity index (χ4n) is 2.83. The first-order valence-corrected chi connectivity index (χ1v) is 6.81. The summed E-state index contributed by atoms with van der Waals surface area (Å²) >= 11 is 0. The Morgan fingerprint density at radius 2 is 1.90 bits per heavy atom. The maximum Gasteiger partial charge on any atom is 0.119 e. The third-order valence-electron chi connectivity index (χ3n) is 3.85. The zero-order chi connectivity index (χ0) is 13.1. The monoisotopic (exact) mass is 289 g/mol. The molecule has 3 heteroatoms. The fraction of sp³-hybridized carbons (Fsp3) is 0.294. The number of hydrogen-bond acceptors (Lipinski definition) is 2. The van der Waals surface area contributed by atoms with Crippen LogP contribution in [0, 0.1) is 0 Å². The molecule has 106 valence electrons. The quantitative estimate of drug-likeness (QED) is 0.915. The number of benzene rings is 2. The predicted molar refractivity (Wildman–Crippen MR) is 85.1 cm³/mol. The molecule has 1 unspecified atom stereocenters. The molecule has 0 saturated carbocycles. The van der Waals surface area contributed by atoms with Crippen molar-refractivity contribution in [2.24, 2.45) is 0 Å². The Morgan fingerprint density at radius 3 is 2.65 bits per heavy atom. The van der Waals surface area contributed by atoms with Crippen molar-refractivity contribution < 1.29 is 4.74 Å². The topological polar surface area (TPSA) is 21.3 Å². The van der Waals surface area contributed by atoms with Crippen LogP contribution in [-0.4, -0.2) is 20.2 Å². The molecule has 0 amide bonds. The lowest BCUT2D eigenvalue weighted by Crippen LogP contribution is -2.20. The molecule has 20 heavy (non-hydrogen) atoms. The van der Waals surface area contributed by atoms with Gasteiger partial charge in [0, 0.05) is 12.5 Å². The molecule has 2 aromatic rings. The van der Waals surface area contributed by atoms with E-state index in [0.717, 1.165) is 25.3 Å². The van der Waals surface area contributed by atoms with Crippen molar-refractivity contribution in [3.8, 4) is 5.75 Å². The number of ether oxygens (including phenoxy) is 1.